The molecule has 1 fully saturated rings. The summed E-state index contributed by atoms with van der Waals surface area (Å²) in [5, 5.41) is 8.18. The Hall–Kier alpha value is -2.27. The van der Waals surface area contributed by atoms with Crippen LogP contribution in [-0.2, 0) is 4.74 Å². The molecule has 1 aromatic heterocycles. The van der Waals surface area contributed by atoms with E-state index in [1.165, 1.54) is 0 Å². The molecule has 20 heavy (non-hydrogen) atoms. The Morgan fingerprint density at radius 2 is 1.75 bits per heavy atom. The molecule has 0 atom stereocenters. The largest absolute Gasteiger partial charge is 0.378 e. The minimum Gasteiger partial charge on any atom is -0.378 e. The molecule has 3 rings (SSSR count). The lowest BCUT2D eigenvalue weighted by Crippen LogP contribution is -2.41. The summed E-state index contributed by atoms with van der Waals surface area (Å²) in [6, 6.07) is 13.3. The molecule has 0 radical (unpaired) electrons. The monoisotopic (exact) mass is 269 g/mol. The topological polar surface area (TPSA) is 55.3 Å². The van der Waals surface area contributed by atoms with Crippen LogP contribution in [0.4, 0.5) is 0 Å². The number of amides is 1. The van der Waals surface area contributed by atoms with Gasteiger partial charge in [0.15, 0.2) is 5.69 Å². The third-order valence-electron chi connectivity index (χ3n) is 3.25. The highest BCUT2D eigenvalue weighted by Gasteiger charge is 2.19. The summed E-state index contributed by atoms with van der Waals surface area (Å²) in [5.41, 5.74) is 2.14. The zero-order valence-electron chi connectivity index (χ0n) is 11.0. The Labute approximate surface area is 117 Å². The van der Waals surface area contributed by atoms with Crippen molar-refractivity contribution in [2.45, 2.75) is 0 Å². The SMILES string of the molecule is O=C(c1ccc(-c2ccccc2)nn1)N1CCOCC1. The number of rotatable bonds is 2. The molecule has 5 nitrogen and oxygen atoms in total. The molecule has 0 N–H and O–H groups in total. The van der Waals surface area contributed by atoms with Gasteiger partial charge in [0.25, 0.3) is 5.91 Å². The maximum absolute atomic E-state index is 12.2. The molecule has 0 saturated carbocycles. The second kappa shape index (κ2) is 5.79. The summed E-state index contributed by atoms with van der Waals surface area (Å²) in [6.07, 6.45) is 0. The number of nitrogens with zero attached hydrogens (tertiary/aromatic N) is 3. The normalized spacial score (nSPS) is 15.1. The van der Waals surface area contributed by atoms with Gasteiger partial charge in [0.1, 0.15) is 0 Å². The summed E-state index contributed by atoms with van der Waals surface area (Å²) >= 11 is 0. The number of aromatic nitrogens is 2. The lowest BCUT2D eigenvalue weighted by Gasteiger charge is -2.26. The fourth-order valence-electron chi connectivity index (χ4n) is 2.14. The van der Waals surface area contributed by atoms with Crippen LogP contribution in [0.3, 0.4) is 0 Å². The van der Waals surface area contributed by atoms with E-state index in [2.05, 4.69) is 10.2 Å². The quantitative estimate of drug-likeness (QED) is 0.831. The summed E-state index contributed by atoms with van der Waals surface area (Å²) in [5.74, 6) is -0.0830. The molecule has 5 heteroatoms. The van der Waals surface area contributed by atoms with Crippen LogP contribution in [0.2, 0.25) is 0 Å². The zero-order valence-corrected chi connectivity index (χ0v) is 11.0. The highest BCUT2D eigenvalue weighted by Crippen LogP contribution is 2.15. The second-order valence-electron chi connectivity index (χ2n) is 4.57. The fourth-order valence-corrected chi connectivity index (χ4v) is 2.14. The smallest absolute Gasteiger partial charge is 0.274 e. The predicted molar refractivity (Wildman–Crippen MR) is 74.2 cm³/mol. The number of carbonyl (C=O) groups is 1. The number of morpholine rings is 1. The van der Waals surface area contributed by atoms with Gasteiger partial charge in [-0.2, -0.15) is 0 Å². The zero-order chi connectivity index (χ0) is 13.8. The molecular weight excluding hydrogens is 254 g/mol. The van der Waals surface area contributed by atoms with Crippen LogP contribution in [0, 0.1) is 0 Å². The number of ether oxygens (including phenoxy) is 1. The maximum atomic E-state index is 12.2. The van der Waals surface area contributed by atoms with E-state index in [4.69, 9.17) is 4.74 Å². The first-order valence-electron chi connectivity index (χ1n) is 6.61. The molecule has 2 aromatic rings. The van der Waals surface area contributed by atoms with E-state index < -0.39 is 0 Å². The molecule has 1 saturated heterocycles. The third kappa shape index (κ3) is 2.67. The molecule has 1 aromatic carbocycles. The average Bonchev–Trinajstić information content (AvgIpc) is 2.56. The van der Waals surface area contributed by atoms with Crippen LogP contribution in [-0.4, -0.2) is 47.3 Å². The highest BCUT2D eigenvalue weighted by atomic mass is 16.5. The second-order valence-corrected chi connectivity index (χ2v) is 4.57. The van der Waals surface area contributed by atoms with E-state index in [1.807, 2.05) is 36.4 Å². The van der Waals surface area contributed by atoms with Crippen molar-refractivity contribution in [3.63, 3.8) is 0 Å². The molecule has 0 unspecified atom stereocenters. The Balaban J connectivity index is 1.77. The summed E-state index contributed by atoms with van der Waals surface area (Å²) in [7, 11) is 0. The standard InChI is InChI=1S/C15H15N3O2/c19-15(18-8-10-20-11-9-18)14-7-6-13(16-17-14)12-4-2-1-3-5-12/h1-7H,8-11H2. The lowest BCUT2D eigenvalue weighted by atomic mass is 10.1. The van der Waals surface area contributed by atoms with Crippen molar-refractivity contribution in [2.75, 3.05) is 26.3 Å². The van der Waals surface area contributed by atoms with Gasteiger partial charge in [0.05, 0.1) is 18.9 Å². The minimum atomic E-state index is -0.0830. The first kappa shape index (κ1) is 12.7. The van der Waals surface area contributed by atoms with Gasteiger partial charge in [0, 0.05) is 18.7 Å². The van der Waals surface area contributed by atoms with Crippen molar-refractivity contribution < 1.29 is 9.53 Å². The van der Waals surface area contributed by atoms with Crippen LogP contribution in [0.5, 0.6) is 0 Å². The maximum Gasteiger partial charge on any atom is 0.274 e. The van der Waals surface area contributed by atoms with Crippen LogP contribution in [0.15, 0.2) is 42.5 Å². The molecule has 1 aliphatic rings. The molecular formula is C15H15N3O2. The first-order chi connectivity index (χ1) is 9.84. The van der Waals surface area contributed by atoms with Crippen molar-refractivity contribution in [3.05, 3.63) is 48.2 Å². The van der Waals surface area contributed by atoms with E-state index in [9.17, 15) is 4.79 Å². The van der Waals surface area contributed by atoms with Gasteiger partial charge in [0.2, 0.25) is 0 Å². The van der Waals surface area contributed by atoms with Gasteiger partial charge in [-0.05, 0) is 12.1 Å². The lowest BCUT2D eigenvalue weighted by molar-refractivity contribution is 0.0298. The Morgan fingerprint density at radius 3 is 2.40 bits per heavy atom. The van der Waals surface area contributed by atoms with Gasteiger partial charge >= 0.3 is 0 Å². The predicted octanol–water partition coefficient (Wildman–Crippen LogP) is 1.62. The van der Waals surface area contributed by atoms with Crippen molar-refractivity contribution >= 4 is 5.91 Å². The summed E-state index contributed by atoms with van der Waals surface area (Å²) < 4.78 is 5.23. The van der Waals surface area contributed by atoms with Gasteiger partial charge < -0.3 is 9.64 Å². The highest BCUT2D eigenvalue weighted by molar-refractivity contribution is 5.92. The Kier molecular flexibility index (Phi) is 3.69. The summed E-state index contributed by atoms with van der Waals surface area (Å²) in [4.78, 5) is 14.0. The Bertz CT molecular complexity index is 578. The van der Waals surface area contributed by atoms with Crippen LogP contribution < -0.4 is 0 Å². The number of carbonyl (C=O) groups excluding carboxylic acids is 1. The van der Waals surface area contributed by atoms with E-state index in [-0.39, 0.29) is 5.91 Å². The van der Waals surface area contributed by atoms with Crippen molar-refractivity contribution in [2.24, 2.45) is 0 Å². The van der Waals surface area contributed by atoms with Gasteiger partial charge in [-0.3, -0.25) is 4.79 Å². The third-order valence-corrected chi connectivity index (χ3v) is 3.25. The average molecular weight is 269 g/mol. The van der Waals surface area contributed by atoms with Gasteiger partial charge in [-0.15, -0.1) is 10.2 Å². The molecule has 0 aliphatic carbocycles. The fraction of sp³-hybridized carbons (Fsp3) is 0.267. The first-order valence-corrected chi connectivity index (χ1v) is 6.61. The molecule has 1 amide bonds. The number of hydrogen-bond acceptors (Lipinski definition) is 4. The number of hydrogen-bond donors (Lipinski definition) is 0. The minimum absolute atomic E-state index is 0.0830. The van der Waals surface area contributed by atoms with E-state index in [1.54, 1.807) is 11.0 Å². The molecule has 0 bridgehead atoms. The van der Waals surface area contributed by atoms with Crippen LogP contribution in [0.25, 0.3) is 11.3 Å². The van der Waals surface area contributed by atoms with E-state index in [0.717, 1.165) is 11.3 Å². The molecule has 102 valence electrons. The number of benzene rings is 1. The van der Waals surface area contributed by atoms with Crippen molar-refractivity contribution in [1.29, 1.82) is 0 Å². The molecule has 1 aliphatic heterocycles. The van der Waals surface area contributed by atoms with Gasteiger partial charge in [-0.1, -0.05) is 30.3 Å². The van der Waals surface area contributed by atoms with Crippen molar-refractivity contribution in [1.82, 2.24) is 15.1 Å². The molecule has 2 heterocycles. The van der Waals surface area contributed by atoms with E-state index in [0.29, 0.717) is 32.0 Å². The van der Waals surface area contributed by atoms with Crippen LogP contribution in [0.1, 0.15) is 10.5 Å². The summed E-state index contributed by atoms with van der Waals surface area (Å²) in [6.45, 7) is 2.39. The van der Waals surface area contributed by atoms with Gasteiger partial charge in [-0.25, -0.2) is 0 Å². The van der Waals surface area contributed by atoms with E-state index >= 15 is 0 Å². The Morgan fingerprint density at radius 1 is 1.00 bits per heavy atom. The molecule has 0 spiro atoms. The van der Waals surface area contributed by atoms with Crippen LogP contribution >= 0.6 is 0 Å². The van der Waals surface area contributed by atoms with Crippen molar-refractivity contribution in [3.8, 4) is 11.3 Å².